The normalized spacial score (nSPS) is 14.3. The second kappa shape index (κ2) is 12.8. The minimum absolute atomic E-state index is 0.0939. The van der Waals surface area contributed by atoms with Gasteiger partial charge in [-0.05, 0) is 60.2 Å². The predicted molar refractivity (Wildman–Crippen MR) is 169 cm³/mol. The van der Waals surface area contributed by atoms with Crippen LogP contribution in [0, 0.1) is 0 Å². The van der Waals surface area contributed by atoms with Gasteiger partial charge in [0.25, 0.3) is 5.91 Å². The molecular weight excluding hydrogens is 559 g/mol. The van der Waals surface area contributed by atoms with Crippen molar-refractivity contribution < 1.29 is 14.3 Å². The molecule has 0 atom stereocenters. The second-order valence-corrected chi connectivity index (χ2v) is 12.0. The third kappa shape index (κ3) is 6.11. The second-order valence-electron chi connectivity index (χ2n) is 8.94. The summed E-state index contributed by atoms with van der Waals surface area (Å²) in [5.41, 5.74) is 4.65. The summed E-state index contributed by atoms with van der Waals surface area (Å²) in [7, 11) is 3.22. The van der Waals surface area contributed by atoms with E-state index in [1.807, 2.05) is 65.5 Å². The number of rotatable bonds is 10. The van der Waals surface area contributed by atoms with E-state index in [0.717, 1.165) is 33.8 Å². The van der Waals surface area contributed by atoms with E-state index in [1.54, 1.807) is 30.9 Å². The molecule has 3 aromatic carbocycles. The number of aromatic nitrogens is 2. The van der Waals surface area contributed by atoms with Crippen LogP contribution in [0.3, 0.4) is 0 Å². The van der Waals surface area contributed by atoms with Crippen LogP contribution < -0.4 is 9.47 Å². The van der Waals surface area contributed by atoms with Crippen LogP contribution in [-0.2, 0) is 11.2 Å². The van der Waals surface area contributed by atoms with Gasteiger partial charge >= 0.3 is 0 Å². The fraction of sp³-hybridized carbons (Fsp3) is 0.194. The first-order chi connectivity index (χ1) is 19.5. The zero-order valence-electron chi connectivity index (χ0n) is 22.5. The third-order valence-corrected chi connectivity index (χ3v) is 8.71. The molecule has 1 fully saturated rings. The topological polar surface area (TPSA) is 56.6 Å². The minimum atomic E-state index is -0.0939. The fourth-order valence-electron chi connectivity index (χ4n) is 4.42. The molecule has 1 amide bonds. The van der Waals surface area contributed by atoms with Gasteiger partial charge in [-0.15, -0.1) is 11.8 Å². The maximum atomic E-state index is 13.5. The van der Waals surface area contributed by atoms with Crippen molar-refractivity contribution >= 4 is 52.0 Å². The van der Waals surface area contributed by atoms with Crippen LogP contribution in [0.1, 0.15) is 18.1 Å². The molecule has 0 radical (unpaired) electrons. The Kier molecular flexibility index (Phi) is 8.94. The van der Waals surface area contributed by atoms with E-state index in [0.29, 0.717) is 33.7 Å². The van der Waals surface area contributed by atoms with Crippen molar-refractivity contribution in [1.29, 1.82) is 0 Å². The number of carbonyl (C=O) groups excluding carboxylic acids is 1. The summed E-state index contributed by atoms with van der Waals surface area (Å²) >= 11 is 8.75. The Morgan fingerprint density at radius 2 is 1.75 bits per heavy atom. The zero-order chi connectivity index (χ0) is 28.1. The molecule has 1 aliphatic heterocycles. The molecule has 1 aliphatic rings. The molecule has 0 spiro atoms. The van der Waals surface area contributed by atoms with Crippen molar-refractivity contribution in [2.24, 2.45) is 0 Å². The maximum absolute atomic E-state index is 13.5. The van der Waals surface area contributed by atoms with Crippen molar-refractivity contribution in [3.63, 3.8) is 0 Å². The smallest absolute Gasteiger partial charge is 0.266 e. The summed E-state index contributed by atoms with van der Waals surface area (Å²) in [5, 5.41) is 4.91. The van der Waals surface area contributed by atoms with E-state index >= 15 is 0 Å². The molecule has 0 unspecified atom stereocenters. The van der Waals surface area contributed by atoms with Gasteiger partial charge in [0.15, 0.2) is 11.5 Å². The van der Waals surface area contributed by atoms with Gasteiger partial charge in [-0.1, -0.05) is 67.3 Å². The Balaban J connectivity index is 1.42. The lowest BCUT2D eigenvalue weighted by Crippen LogP contribution is -2.30. The quantitative estimate of drug-likeness (QED) is 0.111. The number of ether oxygens (including phenoxy) is 2. The molecule has 204 valence electrons. The Morgan fingerprint density at radius 1 is 1.00 bits per heavy atom. The highest BCUT2D eigenvalue weighted by Crippen LogP contribution is 2.36. The molecule has 0 N–H and O–H groups in total. The van der Waals surface area contributed by atoms with Crippen molar-refractivity contribution in [3.8, 4) is 28.4 Å². The van der Waals surface area contributed by atoms with Crippen LogP contribution in [-0.4, -0.2) is 51.4 Å². The lowest BCUT2D eigenvalue weighted by atomic mass is 10.1. The first-order valence-corrected chi connectivity index (χ1v) is 15.1. The first kappa shape index (κ1) is 28.0. The number of hydrogen-bond acceptors (Lipinski definition) is 7. The number of hydrogen-bond donors (Lipinski definition) is 0. The minimum Gasteiger partial charge on any atom is -0.493 e. The molecule has 1 saturated heterocycles. The third-order valence-electron chi connectivity index (χ3n) is 6.43. The first-order valence-electron chi connectivity index (χ1n) is 12.8. The van der Waals surface area contributed by atoms with E-state index in [-0.39, 0.29) is 5.91 Å². The highest BCUT2D eigenvalue weighted by molar-refractivity contribution is 8.26. The largest absolute Gasteiger partial charge is 0.493 e. The summed E-state index contributed by atoms with van der Waals surface area (Å²) in [4.78, 5) is 16.9. The van der Waals surface area contributed by atoms with E-state index < -0.39 is 0 Å². The van der Waals surface area contributed by atoms with Crippen molar-refractivity contribution in [2.45, 2.75) is 18.2 Å². The van der Waals surface area contributed by atoms with Gasteiger partial charge < -0.3 is 9.47 Å². The van der Waals surface area contributed by atoms with Crippen LogP contribution in [0.4, 0.5) is 0 Å². The SMILES string of the molecule is CCSc1ccc(-c2nn(-c3ccccc3)cc2/C=C2\SC(=S)N(CCc3ccc(OC)c(OC)c3)C2=O)cc1. The van der Waals surface area contributed by atoms with Crippen LogP contribution >= 0.6 is 35.7 Å². The van der Waals surface area contributed by atoms with Gasteiger partial charge in [-0.25, -0.2) is 4.68 Å². The number of para-hydroxylation sites is 1. The summed E-state index contributed by atoms with van der Waals surface area (Å²) in [5.74, 6) is 2.25. The van der Waals surface area contributed by atoms with Crippen LogP contribution in [0.15, 0.2) is 88.8 Å². The van der Waals surface area contributed by atoms with Gasteiger partial charge in [0.1, 0.15) is 4.32 Å². The molecule has 9 heteroatoms. The van der Waals surface area contributed by atoms with E-state index in [9.17, 15) is 4.79 Å². The summed E-state index contributed by atoms with van der Waals surface area (Å²) < 4.78 is 13.2. The molecule has 1 aromatic heterocycles. The van der Waals surface area contributed by atoms with Gasteiger partial charge in [-0.3, -0.25) is 9.69 Å². The van der Waals surface area contributed by atoms with Crippen LogP contribution in [0.25, 0.3) is 23.0 Å². The van der Waals surface area contributed by atoms with E-state index in [1.165, 1.54) is 16.7 Å². The highest BCUT2D eigenvalue weighted by Gasteiger charge is 2.32. The van der Waals surface area contributed by atoms with Gasteiger partial charge in [0.05, 0.1) is 30.5 Å². The lowest BCUT2D eigenvalue weighted by Gasteiger charge is -2.15. The molecule has 2 heterocycles. The number of methoxy groups -OCH3 is 2. The molecular formula is C31H29N3O3S3. The van der Waals surface area contributed by atoms with Crippen LogP contribution in [0.2, 0.25) is 0 Å². The average molecular weight is 588 g/mol. The van der Waals surface area contributed by atoms with Gasteiger partial charge in [0, 0.05) is 28.8 Å². The lowest BCUT2D eigenvalue weighted by molar-refractivity contribution is -0.122. The zero-order valence-corrected chi connectivity index (χ0v) is 24.9. The van der Waals surface area contributed by atoms with Crippen molar-refractivity contribution in [2.75, 3.05) is 26.5 Å². The Hall–Kier alpha value is -3.53. The number of benzene rings is 3. The monoisotopic (exact) mass is 587 g/mol. The number of carbonyl (C=O) groups is 1. The predicted octanol–water partition coefficient (Wildman–Crippen LogP) is 7.11. The molecule has 40 heavy (non-hydrogen) atoms. The molecule has 0 aliphatic carbocycles. The summed E-state index contributed by atoms with van der Waals surface area (Å²) in [6, 6.07) is 24.1. The number of thiocarbonyl (C=S) groups is 1. The molecule has 0 saturated carbocycles. The number of nitrogens with zero attached hydrogens (tertiary/aromatic N) is 3. The van der Waals surface area contributed by atoms with Gasteiger partial charge in [-0.2, -0.15) is 5.10 Å². The molecule has 0 bridgehead atoms. The van der Waals surface area contributed by atoms with Crippen molar-refractivity contribution in [3.05, 3.63) is 95.0 Å². The summed E-state index contributed by atoms with van der Waals surface area (Å²) in [6.07, 6.45) is 4.52. The summed E-state index contributed by atoms with van der Waals surface area (Å²) in [6.45, 7) is 2.62. The van der Waals surface area contributed by atoms with Crippen LogP contribution in [0.5, 0.6) is 11.5 Å². The number of amides is 1. The molecule has 4 aromatic rings. The Bertz CT molecular complexity index is 1550. The van der Waals surface area contributed by atoms with E-state index in [2.05, 4.69) is 31.2 Å². The standard InChI is InChI=1S/C31H29N3O3S3/c1-4-39-25-13-11-22(12-14-25)29-23(20-34(32-29)24-8-6-5-7-9-24)19-28-30(35)33(31(38)40-28)17-16-21-10-15-26(36-2)27(18-21)37-3/h5-15,18-20H,4,16-17H2,1-3H3/b28-19-. The Morgan fingerprint density at radius 3 is 2.45 bits per heavy atom. The highest BCUT2D eigenvalue weighted by atomic mass is 32.2. The average Bonchev–Trinajstić information content (AvgIpc) is 3.52. The molecule has 6 nitrogen and oxygen atoms in total. The van der Waals surface area contributed by atoms with Gasteiger partial charge in [0.2, 0.25) is 0 Å². The fourth-order valence-corrected chi connectivity index (χ4v) is 6.38. The number of thioether (sulfide) groups is 2. The van der Waals surface area contributed by atoms with E-state index in [4.69, 9.17) is 26.8 Å². The Labute approximate surface area is 248 Å². The maximum Gasteiger partial charge on any atom is 0.266 e. The molecule has 5 rings (SSSR count). The van der Waals surface area contributed by atoms with Crippen molar-refractivity contribution in [1.82, 2.24) is 14.7 Å².